The summed E-state index contributed by atoms with van der Waals surface area (Å²) in [6.07, 6.45) is 1.47. The Kier molecular flexibility index (Phi) is 6.18. The van der Waals surface area contributed by atoms with Gasteiger partial charge in [-0.25, -0.2) is 0 Å². The highest BCUT2D eigenvalue weighted by atomic mass is 35.5. The summed E-state index contributed by atoms with van der Waals surface area (Å²) in [7, 11) is 0. The minimum atomic E-state index is -0.149. The summed E-state index contributed by atoms with van der Waals surface area (Å²) in [6, 6.07) is 14.3. The van der Waals surface area contributed by atoms with Crippen LogP contribution in [0.1, 0.15) is 25.3 Å². The Hall–Kier alpha value is -2.33. The lowest BCUT2D eigenvalue weighted by atomic mass is 10.1. The number of para-hydroxylation sites is 2. The van der Waals surface area contributed by atoms with E-state index in [2.05, 4.69) is 10.6 Å². The topological polar surface area (TPSA) is 58.2 Å². The van der Waals surface area contributed by atoms with Crippen LogP contribution in [0.2, 0.25) is 5.02 Å². The van der Waals surface area contributed by atoms with Crippen molar-refractivity contribution in [2.45, 2.75) is 26.2 Å². The predicted molar refractivity (Wildman–Crippen MR) is 93.8 cm³/mol. The minimum Gasteiger partial charge on any atom is -0.324 e. The number of anilines is 2. The summed E-state index contributed by atoms with van der Waals surface area (Å²) in [5.41, 5.74) is 2.07. The Morgan fingerprint density at radius 3 is 2.04 bits per heavy atom. The van der Waals surface area contributed by atoms with Gasteiger partial charge in [-0.1, -0.05) is 42.8 Å². The molecule has 2 aromatic carbocycles. The summed E-state index contributed by atoms with van der Waals surface area (Å²) < 4.78 is 0. The average molecular weight is 331 g/mol. The molecule has 120 valence electrons. The van der Waals surface area contributed by atoms with Crippen LogP contribution in [-0.4, -0.2) is 11.8 Å². The first-order valence-corrected chi connectivity index (χ1v) is 7.89. The van der Waals surface area contributed by atoms with E-state index in [1.54, 1.807) is 24.3 Å². The van der Waals surface area contributed by atoms with Crippen molar-refractivity contribution in [2.24, 2.45) is 0 Å². The Labute approximate surface area is 140 Å². The molecule has 4 nitrogen and oxygen atoms in total. The highest BCUT2D eigenvalue weighted by Gasteiger charge is 2.09. The third-order valence-electron chi connectivity index (χ3n) is 3.23. The molecule has 0 heterocycles. The largest absolute Gasteiger partial charge is 0.324 e. The Bertz CT molecular complexity index is 684. The Morgan fingerprint density at radius 2 is 1.48 bits per heavy atom. The number of hydrogen-bond acceptors (Lipinski definition) is 2. The van der Waals surface area contributed by atoms with E-state index >= 15 is 0 Å². The number of carbonyl (C=O) groups is 2. The summed E-state index contributed by atoms with van der Waals surface area (Å²) >= 11 is 5.83. The molecule has 0 saturated heterocycles. The van der Waals surface area contributed by atoms with Gasteiger partial charge in [0.05, 0.1) is 17.8 Å². The smallest absolute Gasteiger partial charge is 0.228 e. The van der Waals surface area contributed by atoms with Crippen molar-refractivity contribution in [3.63, 3.8) is 0 Å². The summed E-state index contributed by atoms with van der Waals surface area (Å²) in [5.74, 6) is -0.212. The van der Waals surface area contributed by atoms with E-state index in [1.165, 1.54) is 0 Å². The summed E-state index contributed by atoms with van der Waals surface area (Å²) in [6.45, 7) is 1.94. The van der Waals surface area contributed by atoms with Crippen LogP contribution in [0.4, 0.5) is 11.4 Å². The van der Waals surface area contributed by atoms with Crippen LogP contribution in [0.15, 0.2) is 48.5 Å². The second-order valence-corrected chi connectivity index (χ2v) is 5.63. The van der Waals surface area contributed by atoms with Crippen molar-refractivity contribution in [3.05, 3.63) is 59.1 Å². The first kappa shape index (κ1) is 17.0. The second-order valence-electron chi connectivity index (χ2n) is 5.20. The minimum absolute atomic E-state index is 0.0631. The number of amides is 2. The predicted octanol–water partition coefficient (Wildman–Crippen LogP) is 4.26. The fraction of sp³-hybridized carbons (Fsp3) is 0.222. The normalized spacial score (nSPS) is 10.2. The van der Waals surface area contributed by atoms with Gasteiger partial charge in [-0.2, -0.15) is 0 Å². The number of rotatable bonds is 6. The summed E-state index contributed by atoms with van der Waals surface area (Å²) in [4.78, 5) is 23.9. The monoisotopic (exact) mass is 330 g/mol. The van der Waals surface area contributed by atoms with Crippen LogP contribution in [0.25, 0.3) is 0 Å². The van der Waals surface area contributed by atoms with Crippen LogP contribution in [0, 0.1) is 0 Å². The van der Waals surface area contributed by atoms with Crippen LogP contribution in [0.3, 0.4) is 0 Å². The molecule has 2 amide bonds. The van der Waals surface area contributed by atoms with E-state index in [0.29, 0.717) is 22.8 Å². The van der Waals surface area contributed by atoms with Gasteiger partial charge < -0.3 is 10.6 Å². The van der Waals surface area contributed by atoms with Crippen LogP contribution >= 0.6 is 11.6 Å². The van der Waals surface area contributed by atoms with Gasteiger partial charge in [-0.05, 0) is 36.2 Å². The molecule has 5 heteroatoms. The Balaban J connectivity index is 2.02. The average Bonchev–Trinajstić information content (AvgIpc) is 2.52. The van der Waals surface area contributed by atoms with Crippen molar-refractivity contribution in [1.82, 2.24) is 0 Å². The highest BCUT2D eigenvalue weighted by molar-refractivity contribution is 6.30. The maximum atomic E-state index is 12.2. The van der Waals surface area contributed by atoms with Gasteiger partial charge >= 0.3 is 0 Å². The van der Waals surface area contributed by atoms with Crippen molar-refractivity contribution in [3.8, 4) is 0 Å². The quantitative estimate of drug-likeness (QED) is 0.831. The SMILES string of the molecule is CCCC(=O)Nc1ccccc1NC(=O)Cc1ccc(Cl)cc1. The molecular weight excluding hydrogens is 312 g/mol. The van der Waals surface area contributed by atoms with Gasteiger partial charge in [0, 0.05) is 11.4 Å². The van der Waals surface area contributed by atoms with Gasteiger partial charge in [0.1, 0.15) is 0 Å². The molecule has 0 spiro atoms. The Morgan fingerprint density at radius 1 is 0.913 bits per heavy atom. The fourth-order valence-corrected chi connectivity index (χ4v) is 2.25. The van der Waals surface area contributed by atoms with Crippen LogP contribution in [0.5, 0.6) is 0 Å². The zero-order chi connectivity index (χ0) is 16.7. The molecule has 0 aromatic heterocycles. The zero-order valence-corrected chi connectivity index (χ0v) is 13.7. The van der Waals surface area contributed by atoms with Gasteiger partial charge in [0.2, 0.25) is 11.8 Å². The lowest BCUT2D eigenvalue weighted by Gasteiger charge is -2.12. The molecule has 0 atom stereocenters. The van der Waals surface area contributed by atoms with E-state index in [9.17, 15) is 9.59 Å². The lowest BCUT2D eigenvalue weighted by molar-refractivity contribution is -0.116. The molecule has 2 rings (SSSR count). The molecular formula is C18H19ClN2O2. The van der Waals surface area contributed by atoms with Gasteiger partial charge in [-0.15, -0.1) is 0 Å². The maximum absolute atomic E-state index is 12.2. The maximum Gasteiger partial charge on any atom is 0.228 e. The fourth-order valence-electron chi connectivity index (χ4n) is 2.12. The molecule has 2 N–H and O–H groups in total. The standard InChI is InChI=1S/C18H19ClN2O2/c1-2-5-17(22)20-15-6-3-4-7-16(15)21-18(23)12-13-8-10-14(19)11-9-13/h3-4,6-11H,2,5,12H2,1H3,(H,20,22)(H,21,23). The molecule has 2 aromatic rings. The van der Waals surface area contributed by atoms with Crippen molar-refractivity contribution < 1.29 is 9.59 Å². The number of benzene rings is 2. The highest BCUT2D eigenvalue weighted by Crippen LogP contribution is 2.21. The van der Waals surface area contributed by atoms with Gasteiger partial charge in [-0.3, -0.25) is 9.59 Å². The zero-order valence-electron chi connectivity index (χ0n) is 12.9. The molecule has 0 radical (unpaired) electrons. The van der Waals surface area contributed by atoms with Gasteiger partial charge in [0.15, 0.2) is 0 Å². The number of nitrogens with one attached hydrogen (secondary N) is 2. The van der Waals surface area contributed by atoms with Crippen LogP contribution in [-0.2, 0) is 16.0 Å². The van der Waals surface area contributed by atoms with E-state index in [4.69, 9.17) is 11.6 Å². The van der Waals surface area contributed by atoms with Crippen LogP contribution < -0.4 is 10.6 Å². The molecule has 0 aliphatic rings. The van der Waals surface area contributed by atoms with Crippen molar-refractivity contribution in [2.75, 3.05) is 10.6 Å². The van der Waals surface area contributed by atoms with E-state index < -0.39 is 0 Å². The molecule has 0 aliphatic carbocycles. The first-order valence-electron chi connectivity index (χ1n) is 7.51. The molecule has 0 fully saturated rings. The van der Waals surface area contributed by atoms with E-state index in [-0.39, 0.29) is 18.2 Å². The molecule has 0 unspecified atom stereocenters. The molecule has 0 bridgehead atoms. The third-order valence-corrected chi connectivity index (χ3v) is 3.48. The van der Waals surface area contributed by atoms with Gasteiger partial charge in [0.25, 0.3) is 0 Å². The first-order chi connectivity index (χ1) is 11.1. The lowest BCUT2D eigenvalue weighted by Crippen LogP contribution is -2.17. The molecule has 0 aliphatic heterocycles. The van der Waals surface area contributed by atoms with E-state index in [0.717, 1.165) is 12.0 Å². The third kappa shape index (κ3) is 5.42. The summed E-state index contributed by atoms with van der Waals surface area (Å²) in [5, 5.41) is 6.29. The molecule has 23 heavy (non-hydrogen) atoms. The molecule has 0 saturated carbocycles. The number of hydrogen-bond donors (Lipinski definition) is 2. The van der Waals surface area contributed by atoms with Crippen molar-refractivity contribution in [1.29, 1.82) is 0 Å². The number of halogens is 1. The van der Waals surface area contributed by atoms with Crippen molar-refractivity contribution >= 4 is 34.8 Å². The number of carbonyl (C=O) groups excluding carboxylic acids is 2. The van der Waals surface area contributed by atoms with E-state index in [1.807, 2.05) is 31.2 Å². The second kappa shape index (κ2) is 8.34.